The number of phenolic OH excluding ortho intramolecular Hbond substituents is 2. The van der Waals surface area contributed by atoms with Crippen LogP contribution in [-0.2, 0) is 30.4 Å². The lowest BCUT2D eigenvalue weighted by molar-refractivity contribution is 0.442. The number of halogens is 3. The van der Waals surface area contributed by atoms with Crippen molar-refractivity contribution in [3.63, 3.8) is 0 Å². The molecule has 0 radical (unpaired) electrons. The lowest BCUT2D eigenvalue weighted by Gasteiger charge is -2.13. The molecule has 1 aromatic heterocycles. The lowest BCUT2D eigenvalue weighted by Crippen LogP contribution is -2.03. The molecule has 0 aliphatic carbocycles. The Morgan fingerprint density at radius 3 is 1.82 bits per heavy atom. The first-order valence-corrected chi connectivity index (χ1v) is 18.2. The number of azo groups is 1. The third kappa shape index (κ3) is 7.93. The van der Waals surface area contributed by atoms with Gasteiger partial charge in [-0.25, -0.2) is 4.98 Å². The van der Waals surface area contributed by atoms with Crippen LogP contribution < -0.4 is 10.6 Å². The van der Waals surface area contributed by atoms with Crippen molar-refractivity contribution >= 4 is 110 Å². The van der Waals surface area contributed by atoms with Crippen LogP contribution in [0.1, 0.15) is 0 Å². The number of phenols is 2. The predicted molar refractivity (Wildman–Crippen MR) is 177 cm³/mol. The van der Waals surface area contributed by atoms with E-state index in [2.05, 4.69) is 30.8 Å². The summed E-state index contributed by atoms with van der Waals surface area (Å²) in [4.78, 5) is 4.21. The van der Waals surface area contributed by atoms with E-state index in [0.717, 1.165) is 6.07 Å². The molecule has 0 aliphatic heterocycles. The molecule has 0 bridgehead atoms. The number of fused-ring (bicyclic) bond motifs is 1. The van der Waals surface area contributed by atoms with Gasteiger partial charge >= 0.3 is 0 Å². The first kappa shape index (κ1) is 35.9. The van der Waals surface area contributed by atoms with Crippen LogP contribution >= 0.6 is 34.8 Å². The summed E-state index contributed by atoms with van der Waals surface area (Å²) in [5, 5.41) is 34.2. The van der Waals surface area contributed by atoms with Crippen molar-refractivity contribution in [3.8, 4) is 11.5 Å². The Labute approximate surface area is 291 Å². The number of anilines is 4. The van der Waals surface area contributed by atoms with E-state index in [1.807, 2.05) is 0 Å². The molecule has 0 amide bonds. The first-order chi connectivity index (χ1) is 22.7. The van der Waals surface area contributed by atoms with Crippen molar-refractivity contribution in [2.24, 2.45) is 10.2 Å². The summed E-state index contributed by atoms with van der Waals surface area (Å²) in [7, 11) is -15.5. The number of nitrogens with one attached hydrogen (secondary N) is 2. The summed E-state index contributed by atoms with van der Waals surface area (Å²) < 4.78 is 99.9. The molecule has 0 fully saturated rings. The largest absolute Gasteiger partial charge is 0.505 e. The van der Waals surface area contributed by atoms with Crippen LogP contribution in [0, 0.1) is 0 Å². The molecule has 0 saturated carbocycles. The monoisotopic (exact) mass is 790 g/mol. The van der Waals surface area contributed by atoms with Gasteiger partial charge in [0.15, 0.2) is 22.5 Å². The average Bonchev–Trinajstić information content (AvgIpc) is 2.99. The summed E-state index contributed by atoms with van der Waals surface area (Å²) in [5.74, 6) is -2.01. The molecule has 0 saturated heterocycles. The molecule has 17 nitrogen and oxygen atoms in total. The molecule has 0 spiro atoms. The fraction of sp³-hybridized carbons (Fsp3) is 0. The van der Waals surface area contributed by atoms with E-state index in [1.165, 1.54) is 18.2 Å². The number of hydrogen-bond donors (Lipinski definition) is 7. The number of hydrogen-bond acceptors (Lipinski definition) is 14. The SMILES string of the molecule is O=S(=O)(O)c1cc(N=Nc2c(S(=O)(=O)O)cc3cc(Nc4ccc(Nc5nc(Cl)nc(Cl)c5Cl)cc4)ccc3c2O)c(O)c(S(=O)(=O)O)c1. The van der Waals surface area contributed by atoms with Crippen LogP contribution in [0.15, 0.2) is 85.6 Å². The van der Waals surface area contributed by atoms with E-state index in [1.54, 1.807) is 24.3 Å². The van der Waals surface area contributed by atoms with Crippen molar-refractivity contribution in [1.82, 2.24) is 9.97 Å². The highest BCUT2D eigenvalue weighted by Gasteiger charge is 2.26. The number of aromatic hydroxyl groups is 2. The number of aromatic nitrogens is 2. The van der Waals surface area contributed by atoms with Gasteiger partial charge in [0.2, 0.25) is 5.28 Å². The minimum atomic E-state index is -5.28. The van der Waals surface area contributed by atoms with E-state index in [-0.39, 0.29) is 38.1 Å². The quantitative estimate of drug-likeness (QED) is 0.0356. The molecule has 5 rings (SSSR count). The van der Waals surface area contributed by atoms with Crippen LogP contribution in [0.3, 0.4) is 0 Å². The normalized spacial score (nSPS) is 12.4. The minimum absolute atomic E-state index is 0.0139. The highest BCUT2D eigenvalue weighted by atomic mass is 35.5. The zero-order valence-corrected chi connectivity index (χ0v) is 28.3. The van der Waals surface area contributed by atoms with Crippen LogP contribution in [0.4, 0.5) is 34.3 Å². The molecular weight excluding hydrogens is 775 g/mol. The standard InChI is InChI=1S/C26H17Cl3N6O11S3/c27-20-24(28)32-26(29)33-25(20)31-13-3-1-12(2-4-13)30-14-5-6-16-11(7-14)8-18(48(41,42)43)21(22(16)36)35-34-17-9-15(47(38,39)40)10-19(23(17)37)49(44,45)46/h1-10,30,36-37H,(H,31,32,33)(H,38,39,40)(H,41,42,43)(H,44,45,46). The van der Waals surface area contributed by atoms with Crippen molar-refractivity contribution in [1.29, 1.82) is 0 Å². The van der Waals surface area contributed by atoms with Crippen molar-refractivity contribution in [2.75, 3.05) is 10.6 Å². The van der Waals surface area contributed by atoms with E-state index in [4.69, 9.17) is 34.8 Å². The maximum absolute atomic E-state index is 12.3. The summed E-state index contributed by atoms with van der Waals surface area (Å²) in [6.45, 7) is 0. The Bertz CT molecular complexity index is 2540. The molecule has 4 aromatic carbocycles. The molecule has 5 aromatic rings. The number of benzene rings is 4. The predicted octanol–water partition coefficient (Wildman–Crippen LogP) is 6.64. The summed E-state index contributed by atoms with van der Waals surface area (Å²) >= 11 is 17.9. The van der Waals surface area contributed by atoms with Gasteiger partial charge in [0, 0.05) is 22.4 Å². The smallest absolute Gasteiger partial charge is 0.298 e. The Morgan fingerprint density at radius 2 is 1.22 bits per heavy atom. The zero-order valence-electron chi connectivity index (χ0n) is 23.6. The number of rotatable bonds is 9. The van der Waals surface area contributed by atoms with Crippen LogP contribution in [-0.4, -0.2) is 59.1 Å². The Hall–Kier alpha value is -4.38. The minimum Gasteiger partial charge on any atom is -0.505 e. The Morgan fingerprint density at radius 1 is 0.633 bits per heavy atom. The van der Waals surface area contributed by atoms with Gasteiger partial charge in [0.05, 0.1) is 4.90 Å². The molecule has 1 heterocycles. The van der Waals surface area contributed by atoms with Crippen molar-refractivity contribution in [3.05, 3.63) is 76.1 Å². The third-order valence-corrected chi connectivity index (χ3v) is 9.87. The van der Waals surface area contributed by atoms with Gasteiger partial charge < -0.3 is 20.8 Å². The number of nitrogens with zero attached hydrogens (tertiary/aromatic N) is 4. The molecule has 0 aliphatic rings. The molecule has 49 heavy (non-hydrogen) atoms. The molecule has 7 N–H and O–H groups in total. The second-order valence-electron chi connectivity index (χ2n) is 9.70. The van der Waals surface area contributed by atoms with Crippen LogP contribution in [0.2, 0.25) is 15.5 Å². The fourth-order valence-corrected chi connectivity index (χ4v) is 6.63. The maximum atomic E-state index is 12.3. The summed E-state index contributed by atoms with van der Waals surface area (Å²) in [6, 6.07) is 12.5. The fourth-order valence-electron chi connectivity index (χ4n) is 4.23. The zero-order chi connectivity index (χ0) is 36.1. The van der Waals surface area contributed by atoms with Crippen LogP contribution in [0.5, 0.6) is 11.5 Å². The highest BCUT2D eigenvalue weighted by Crippen LogP contribution is 2.44. The van der Waals surface area contributed by atoms with Gasteiger partial charge in [-0.3, -0.25) is 13.7 Å². The van der Waals surface area contributed by atoms with Gasteiger partial charge in [0.25, 0.3) is 30.4 Å². The summed E-state index contributed by atoms with van der Waals surface area (Å²) in [6.07, 6.45) is 0. The van der Waals surface area contributed by atoms with Gasteiger partial charge in [-0.05, 0) is 77.7 Å². The highest BCUT2D eigenvalue weighted by molar-refractivity contribution is 7.86. The Kier molecular flexibility index (Phi) is 9.64. The van der Waals surface area contributed by atoms with E-state index in [0.29, 0.717) is 23.1 Å². The molecule has 0 unspecified atom stereocenters. The molecular formula is C26H17Cl3N6O11S3. The molecule has 0 atom stereocenters. The third-order valence-electron chi connectivity index (χ3n) is 6.41. The van der Waals surface area contributed by atoms with E-state index < -0.39 is 67.9 Å². The second-order valence-corrected chi connectivity index (χ2v) is 15.0. The van der Waals surface area contributed by atoms with E-state index in [9.17, 15) is 49.1 Å². The van der Waals surface area contributed by atoms with Crippen molar-refractivity contribution < 1.29 is 49.1 Å². The Balaban J connectivity index is 1.50. The maximum Gasteiger partial charge on any atom is 0.298 e. The summed E-state index contributed by atoms with van der Waals surface area (Å²) in [5.41, 5.74) is -0.387. The molecule has 256 valence electrons. The second kappa shape index (κ2) is 13.2. The first-order valence-electron chi connectivity index (χ1n) is 12.8. The lowest BCUT2D eigenvalue weighted by atomic mass is 10.1. The topological polar surface area (TPSA) is 278 Å². The van der Waals surface area contributed by atoms with Gasteiger partial charge in [0.1, 0.15) is 26.2 Å². The van der Waals surface area contributed by atoms with Crippen molar-refractivity contribution in [2.45, 2.75) is 14.7 Å². The van der Waals surface area contributed by atoms with Gasteiger partial charge in [-0.15, -0.1) is 10.2 Å². The van der Waals surface area contributed by atoms with E-state index >= 15 is 0 Å². The van der Waals surface area contributed by atoms with Gasteiger partial charge in [-0.2, -0.15) is 30.2 Å². The van der Waals surface area contributed by atoms with Gasteiger partial charge in [-0.1, -0.05) is 23.2 Å². The average molecular weight is 792 g/mol. The van der Waals surface area contributed by atoms with Crippen LogP contribution in [0.25, 0.3) is 10.8 Å². The molecule has 23 heteroatoms.